The SMILES string of the molecule is ONc1cccc2c1[nH]c1ccccc12. The van der Waals surface area contributed by atoms with Crippen molar-refractivity contribution in [1.82, 2.24) is 4.98 Å². The quantitative estimate of drug-likeness (QED) is 0.526. The fraction of sp³-hybridized carbons (Fsp3) is 0. The summed E-state index contributed by atoms with van der Waals surface area (Å²) in [6.45, 7) is 0. The highest BCUT2D eigenvalue weighted by Gasteiger charge is 2.05. The molecule has 0 bridgehead atoms. The standard InChI is InChI=1S/C12H10N2O/c15-14-11-7-3-5-9-8-4-1-2-6-10(8)13-12(9)11/h1-7,13-15H. The molecule has 0 amide bonds. The third-order valence-corrected chi connectivity index (χ3v) is 2.66. The van der Waals surface area contributed by atoms with Crippen molar-refractivity contribution in [2.75, 3.05) is 5.48 Å². The molecule has 3 aromatic rings. The van der Waals surface area contributed by atoms with Crippen LogP contribution in [-0.4, -0.2) is 10.2 Å². The molecule has 0 fully saturated rings. The third-order valence-electron chi connectivity index (χ3n) is 2.66. The minimum Gasteiger partial charge on any atom is -0.353 e. The number of rotatable bonds is 1. The molecular formula is C12H10N2O. The third kappa shape index (κ3) is 1.10. The van der Waals surface area contributed by atoms with Gasteiger partial charge in [0.25, 0.3) is 0 Å². The van der Waals surface area contributed by atoms with E-state index in [1.54, 1.807) is 0 Å². The average Bonchev–Trinajstić information content (AvgIpc) is 2.67. The first kappa shape index (κ1) is 8.32. The van der Waals surface area contributed by atoms with Crippen molar-refractivity contribution in [3.8, 4) is 0 Å². The highest BCUT2D eigenvalue weighted by Crippen LogP contribution is 2.29. The highest BCUT2D eigenvalue weighted by molar-refractivity contribution is 6.10. The lowest BCUT2D eigenvalue weighted by atomic mass is 10.1. The molecule has 0 aliphatic carbocycles. The second-order valence-electron chi connectivity index (χ2n) is 3.51. The van der Waals surface area contributed by atoms with Crippen LogP contribution in [0.4, 0.5) is 5.69 Å². The summed E-state index contributed by atoms with van der Waals surface area (Å²) in [4.78, 5) is 3.28. The zero-order valence-electron chi connectivity index (χ0n) is 7.99. The Kier molecular flexibility index (Phi) is 1.66. The predicted octanol–water partition coefficient (Wildman–Crippen LogP) is 3.12. The topological polar surface area (TPSA) is 48.0 Å². The number of H-pyrrole nitrogens is 1. The molecule has 0 aliphatic heterocycles. The lowest BCUT2D eigenvalue weighted by Crippen LogP contribution is -1.89. The van der Waals surface area contributed by atoms with E-state index in [1.807, 2.05) is 36.4 Å². The van der Waals surface area contributed by atoms with E-state index in [2.05, 4.69) is 16.5 Å². The fourth-order valence-corrected chi connectivity index (χ4v) is 1.97. The summed E-state index contributed by atoms with van der Waals surface area (Å²) in [5, 5.41) is 11.3. The van der Waals surface area contributed by atoms with E-state index in [9.17, 15) is 0 Å². The summed E-state index contributed by atoms with van der Waals surface area (Å²) in [7, 11) is 0. The number of benzene rings is 2. The fourth-order valence-electron chi connectivity index (χ4n) is 1.97. The largest absolute Gasteiger partial charge is 0.353 e. The van der Waals surface area contributed by atoms with E-state index in [0.29, 0.717) is 5.69 Å². The lowest BCUT2D eigenvalue weighted by Gasteiger charge is -1.99. The molecule has 0 atom stereocenters. The lowest BCUT2D eigenvalue weighted by molar-refractivity contribution is 0.389. The summed E-state index contributed by atoms with van der Waals surface area (Å²) in [6, 6.07) is 13.9. The molecule has 3 rings (SSSR count). The number of hydrogen-bond donors (Lipinski definition) is 3. The summed E-state index contributed by atoms with van der Waals surface area (Å²) >= 11 is 0. The molecule has 0 saturated heterocycles. The zero-order chi connectivity index (χ0) is 10.3. The number of anilines is 1. The Labute approximate surface area is 86.3 Å². The van der Waals surface area contributed by atoms with Gasteiger partial charge in [0.15, 0.2) is 0 Å². The minimum absolute atomic E-state index is 0.698. The van der Waals surface area contributed by atoms with Crippen LogP contribution in [0.5, 0.6) is 0 Å². The molecule has 1 heterocycles. The summed E-state index contributed by atoms with van der Waals surface area (Å²) < 4.78 is 0. The van der Waals surface area contributed by atoms with Crippen molar-refractivity contribution < 1.29 is 5.21 Å². The van der Waals surface area contributed by atoms with Crippen LogP contribution in [-0.2, 0) is 0 Å². The van der Waals surface area contributed by atoms with Crippen LogP contribution in [0.3, 0.4) is 0 Å². The number of aromatic amines is 1. The van der Waals surface area contributed by atoms with Crippen LogP contribution < -0.4 is 5.48 Å². The predicted molar refractivity (Wildman–Crippen MR) is 61.2 cm³/mol. The van der Waals surface area contributed by atoms with Crippen LogP contribution in [0.1, 0.15) is 0 Å². The van der Waals surface area contributed by atoms with Crippen molar-refractivity contribution in [1.29, 1.82) is 0 Å². The second kappa shape index (κ2) is 3.00. The normalized spacial score (nSPS) is 11.0. The monoisotopic (exact) mass is 198 g/mol. The minimum atomic E-state index is 0.698. The van der Waals surface area contributed by atoms with E-state index in [1.165, 1.54) is 5.39 Å². The Morgan fingerprint density at radius 3 is 2.60 bits per heavy atom. The van der Waals surface area contributed by atoms with Gasteiger partial charge in [0.2, 0.25) is 0 Å². The molecule has 74 valence electrons. The average molecular weight is 198 g/mol. The molecule has 3 N–H and O–H groups in total. The molecule has 0 unspecified atom stereocenters. The van der Waals surface area contributed by atoms with Gasteiger partial charge in [-0.1, -0.05) is 30.3 Å². The van der Waals surface area contributed by atoms with Gasteiger partial charge in [-0.15, -0.1) is 0 Å². The molecular weight excluding hydrogens is 188 g/mol. The van der Waals surface area contributed by atoms with Crippen molar-refractivity contribution in [2.45, 2.75) is 0 Å². The number of para-hydroxylation sites is 2. The maximum absolute atomic E-state index is 8.99. The van der Waals surface area contributed by atoms with Gasteiger partial charge in [-0.25, -0.2) is 0 Å². The Balaban J connectivity index is 2.53. The van der Waals surface area contributed by atoms with Gasteiger partial charge in [0, 0.05) is 16.3 Å². The van der Waals surface area contributed by atoms with Gasteiger partial charge in [-0.3, -0.25) is 10.7 Å². The Hall–Kier alpha value is -2.00. The summed E-state index contributed by atoms with van der Waals surface area (Å²) in [6.07, 6.45) is 0. The van der Waals surface area contributed by atoms with Crippen molar-refractivity contribution >= 4 is 27.5 Å². The maximum Gasteiger partial charge on any atom is 0.0843 e. The number of hydrogen-bond acceptors (Lipinski definition) is 2. The Morgan fingerprint density at radius 2 is 1.73 bits per heavy atom. The van der Waals surface area contributed by atoms with Crippen LogP contribution in [0, 0.1) is 0 Å². The first-order valence-corrected chi connectivity index (χ1v) is 4.79. The number of nitrogens with one attached hydrogen (secondary N) is 2. The molecule has 3 heteroatoms. The van der Waals surface area contributed by atoms with E-state index < -0.39 is 0 Å². The molecule has 3 nitrogen and oxygen atoms in total. The molecule has 0 aliphatic rings. The highest BCUT2D eigenvalue weighted by atomic mass is 16.5. The van der Waals surface area contributed by atoms with Crippen molar-refractivity contribution in [2.24, 2.45) is 0 Å². The molecule has 0 radical (unpaired) electrons. The van der Waals surface area contributed by atoms with E-state index in [4.69, 9.17) is 5.21 Å². The number of fused-ring (bicyclic) bond motifs is 3. The maximum atomic E-state index is 8.99. The first-order chi connectivity index (χ1) is 7.40. The molecule has 0 saturated carbocycles. The van der Waals surface area contributed by atoms with Gasteiger partial charge in [0.05, 0.1) is 11.2 Å². The smallest absolute Gasteiger partial charge is 0.0843 e. The van der Waals surface area contributed by atoms with Gasteiger partial charge in [0.1, 0.15) is 0 Å². The zero-order valence-corrected chi connectivity index (χ0v) is 7.99. The molecule has 1 aromatic heterocycles. The Morgan fingerprint density at radius 1 is 0.933 bits per heavy atom. The van der Waals surface area contributed by atoms with Gasteiger partial charge in [-0.2, -0.15) is 0 Å². The summed E-state index contributed by atoms with van der Waals surface area (Å²) in [5.74, 6) is 0. The van der Waals surface area contributed by atoms with Gasteiger partial charge < -0.3 is 4.98 Å². The van der Waals surface area contributed by atoms with Crippen LogP contribution >= 0.6 is 0 Å². The van der Waals surface area contributed by atoms with Crippen LogP contribution in [0.15, 0.2) is 42.5 Å². The van der Waals surface area contributed by atoms with E-state index in [0.717, 1.165) is 16.4 Å². The van der Waals surface area contributed by atoms with E-state index in [-0.39, 0.29) is 0 Å². The molecule has 2 aromatic carbocycles. The Bertz CT molecular complexity index is 628. The first-order valence-electron chi connectivity index (χ1n) is 4.79. The van der Waals surface area contributed by atoms with Crippen molar-refractivity contribution in [3.05, 3.63) is 42.5 Å². The number of aromatic nitrogens is 1. The van der Waals surface area contributed by atoms with Crippen LogP contribution in [0.25, 0.3) is 21.8 Å². The van der Waals surface area contributed by atoms with E-state index >= 15 is 0 Å². The molecule has 0 spiro atoms. The second-order valence-corrected chi connectivity index (χ2v) is 3.51. The van der Waals surface area contributed by atoms with Crippen LogP contribution in [0.2, 0.25) is 0 Å². The molecule has 15 heavy (non-hydrogen) atoms. The van der Waals surface area contributed by atoms with Gasteiger partial charge >= 0.3 is 0 Å². The van der Waals surface area contributed by atoms with Crippen molar-refractivity contribution in [3.63, 3.8) is 0 Å². The van der Waals surface area contributed by atoms with Gasteiger partial charge in [-0.05, 0) is 12.1 Å². The summed E-state index contributed by atoms with van der Waals surface area (Å²) in [5.41, 5.74) is 4.91.